The molecule has 1 saturated heterocycles. The molecule has 0 bridgehead atoms. The molecule has 0 radical (unpaired) electrons. The third-order valence-electron chi connectivity index (χ3n) is 3.70. The van der Waals surface area contributed by atoms with Gasteiger partial charge in [0.05, 0.1) is 0 Å². The lowest BCUT2D eigenvalue weighted by atomic mass is 10.1. The Morgan fingerprint density at radius 2 is 1.74 bits per heavy atom. The van der Waals surface area contributed by atoms with Crippen molar-refractivity contribution in [3.05, 3.63) is 70.2 Å². The molecule has 4 nitrogen and oxygen atoms in total. The molecule has 6 heteroatoms. The van der Waals surface area contributed by atoms with E-state index in [0.717, 1.165) is 10.0 Å². The fourth-order valence-corrected chi connectivity index (χ4v) is 4.25. The van der Waals surface area contributed by atoms with Crippen LogP contribution in [0.1, 0.15) is 21.3 Å². The first-order chi connectivity index (χ1) is 11.1. The Hall–Kier alpha value is -1.79. The number of benzene rings is 2. The van der Waals surface area contributed by atoms with Crippen LogP contribution in [0.5, 0.6) is 0 Å². The summed E-state index contributed by atoms with van der Waals surface area (Å²) in [5.41, 5.74) is 1.43. The first kappa shape index (κ1) is 16.1. The zero-order valence-corrected chi connectivity index (χ0v) is 14.5. The molecule has 118 valence electrons. The van der Waals surface area contributed by atoms with E-state index in [2.05, 4.69) is 15.9 Å². The topological polar surface area (TPSA) is 57.6 Å². The molecule has 0 aliphatic carbocycles. The number of rotatable bonds is 3. The van der Waals surface area contributed by atoms with E-state index < -0.39 is 12.0 Å². The van der Waals surface area contributed by atoms with E-state index in [1.165, 1.54) is 16.7 Å². The molecule has 0 aromatic heterocycles. The number of hydrogen-bond acceptors (Lipinski definition) is 3. The summed E-state index contributed by atoms with van der Waals surface area (Å²) in [4.78, 5) is 25.9. The molecular weight excluding hydrogens is 378 g/mol. The predicted octanol–water partition coefficient (Wildman–Crippen LogP) is 3.79. The van der Waals surface area contributed by atoms with Gasteiger partial charge in [0.15, 0.2) is 0 Å². The molecule has 3 rings (SSSR count). The lowest BCUT2D eigenvalue weighted by Gasteiger charge is -2.27. The molecule has 2 aromatic carbocycles. The van der Waals surface area contributed by atoms with Crippen molar-refractivity contribution >= 4 is 39.6 Å². The van der Waals surface area contributed by atoms with Crippen molar-refractivity contribution in [2.45, 2.75) is 11.4 Å². The minimum atomic E-state index is -0.971. The Bertz CT molecular complexity index is 720. The fraction of sp³-hybridized carbons (Fsp3) is 0.176. The summed E-state index contributed by atoms with van der Waals surface area (Å²) in [6.45, 7) is 0. The molecule has 0 spiro atoms. The second-order valence-corrected chi connectivity index (χ2v) is 7.20. The molecule has 2 atom stereocenters. The highest BCUT2D eigenvalue weighted by molar-refractivity contribution is 9.10. The van der Waals surface area contributed by atoms with E-state index >= 15 is 0 Å². The molecule has 1 fully saturated rings. The smallest absolute Gasteiger partial charge is 0.327 e. The van der Waals surface area contributed by atoms with Crippen LogP contribution in [0.2, 0.25) is 0 Å². The van der Waals surface area contributed by atoms with Crippen molar-refractivity contribution in [1.82, 2.24) is 4.90 Å². The van der Waals surface area contributed by atoms with Crippen LogP contribution in [0, 0.1) is 0 Å². The number of carbonyl (C=O) groups excluding carboxylic acids is 1. The van der Waals surface area contributed by atoms with E-state index in [1.807, 2.05) is 30.3 Å². The van der Waals surface area contributed by atoms with Crippen LogP contribution in [-0.4, -0.2) is 33.7 Å². The van der Waals surface area contributed by atoms with Gasteiger partial charge in [-0.2, -0.15) is 0 Å². The van der Waals surface area contributed by atoms with Crippen LogP contribution in [0.3, 0.4) is 0 Å². The lowest BCUT2D eigenvalue weighted by molar-refractivity contribution is -0.141. The van der Waals surface area contributed by atoms with Gasteiger partial charge in [-0.3, -0.25) is 4.79 Å². The summed E-state index contributed by atoms with van der Waals surface area (Å²) in [6, 6.07) is 15.7. The summed E-state index contributed by atoms with van der Waals surface area (Å²) in [5, 5.41) is 9.19. The van der Waals surface area contributed by atoms with E-state index in [9.17, 15) is 14.7 Å². The molecule has 0 saturated carbocycles. The summed E-state index contributed by atoms with van der Waals surface area (Å²) in [6.07, 6.45) is 0. The second-order valence-electron chi connectivity index (χ2n) is 5.17. The van der Waals surface area contributed by atoms with Gasteiger partial charge in [0.1, 0.15) is 11.4 Å². The first-order valence-electron chi connectivity index (χ1n) is 7.05. The zero-order chi connectivity index (χ0) is 16.4. The highest BCUT2D eigenvalue weighted by Gasteiger charge is 2.42. The maximum atomic E-state index is 12.9. The van der Waals surface area contributed by atoms with Crippen LogP contribution >= 0.6 is 27.7 Å². The van der Waals surface area contributed by atoms with Gasteiger partial charge >= 0.3 is 5.97 Å². The van der Waals surface area contributed by atoms with Gasteiger partial charge in [0, 0.05) is 15.8 Å². The molecule has 1 heterocycles. The highest BCUT2D eigenvalue weighted by Crippen LogP contribution is 2.42. The molecule has 1 aliphatic rings. The Balaban J connectivity index is 1.97. The van der Waals surface area contributed by atoms with Gasteiger partial charge < -0.3 is 10.0 Å². The molecule has 2 aromatic rings. The predicted molar refractivity (Wildman–Crippen MR) is 93.4 cm³/mol. The quantitative estimate of drug-likeness (QED) is 0.864. The Labute approximate surface area is 146 Å². The van der Waals surface area contributed by atoms with Crippen molar-refractivity contribution in [1.29, 1.82) is 0 Å². The molecule has 1 amide bonds. The van der Waals surface area contributed by atoms with Crippen molar-refractivity contribution < 1.29 is 14.7 Å². The van der Waals surface area contributed by atoms with Crippen LogP contribution in [0.15, 0.2) is 59.1 Å². The number of halogens is 1. The lowest BCUT2D eigenvalue weighted by Crippen LogP contribution is -2.42. The molecule has 2 unspecified atom stereocenters. The van der Waals surface area contributed by atoms with Gasteiger partial charge in [-0.15, -0.1) is 11.8 Å². The van der Waals surface area contributed by atoms with Crippen molar-refractivity contribution in [2.75, 3.05) is 5.75 Å². The van der Waals surface area contributed by atoms with Gasteiger partial charge in [0.25, 0.3) is 5.91 Å². The standard InChI is InChI=1S/C17H14BrNO3S/c18-13-8-6-11(7-9-13)15(20)19-14(17(21)22)10-23-16(19)12-4-2-1-3-5-12/h1-9,14,16H,10H2,(H,21,22). The van der Waals surface area contributed by atoms with Crippen LogP contribution < -0.4 is 0 Å². The van der Waals surface area contributed by atoms with Gasteiger partial charge in [-0.25, -0.2) is 4.79 Å². The number of thioether (sulfide) groups is 1. The Morgan fingerprint density at radius 3 is 2.35 bits per heavy atom. The molecule has 1 aliphatic heterocycles. The van der Waals surface area contributed by atoms with Crippen molar-refractivity contribution in [3.8, 4) is 0 Å². The average Bonchev–Trinajstić information content (AvgIpc) is 3.01. The summed E-state index contributed by atoms with van der Waals surface area (Å²) >= 11 is 4.82. The van der Waals surface area contributed by atoms with E-state index in [4.69, 9.17) is 0 Å². The SMILES string of the molecule is O=C(O)C1CSC(c2ccccc2)N1C(=O)c1ccc(Br)cc1. The van der Waals surface area contributed by atoms with Gasteiger partial charge in [-0.1, -0.05) is 46.3 Å². The zero-order valence-electron chi connectivity index (χ0n) is 12.1. The average molecular weight is 392 g/mol. The van der Waals surface area contributed by atoms with Gasteiger partial charge in [0.2, 0.25) is 0 Å². The Morgan fingerprint density at radius 1 is 1.09 bits per heavy atom. The number of nitrogens with zero attached hydrogens (tertiary/aromatic N) is 1. The normalized spacial score (nSPS) is 20.5. The van der Waals surface area contributed by atoms with Crippen molar-refractivity contribution in [2.24, 2.45) is 0 Å². The maximum Gasteiger partial charge on any atom is 0.327 e. The number of carboxylic acid groups (broad SMARTS) is 1. The van der Waals surface area contributed by atoms with E-state index in [-0.39, 0.29) is 11.3 Å². The molecule has 23 heavy (non-hydrogen) atoms. The monoisotopic (exact) mass is 391 g/mol. The van der Waals surface area contributed by atoms with Gasteiger partial charge in [-0.05, 0) is 29.8 Å². The highest BCUT2D eigenvalue weighted by atomic mass is 79.9. The van der Waals surface area contributed by atoms with Crippen LogP contribution in [-0.2, 0) is 4.79 Å². The fourth-order valence-electron chi connectivity index (χ4n) is 2.56. The minimum Gasteiger partial charge on any atom is -0.480 e. The summed E-state index contributed by atoms with van der Waals surface area (Å²) in [5.74, 6) is -0.845. The van der Waals surface area contributed by atoms with Crippen LogP contribution in [0.4, 0.5) is 0 Å². The van der Waals surface area contributed by atoms with E-state index in [0.29, 0.717) is 11.3 Å². The summed E-state index contributed by atoms with van der Waals surface area (Å²) in [7, 11) is 0. The number of carboxylic acids is 1. The largest absolute Gasteiger partial charge is 0.480 e. The summed E-state index contributed by atoms with van der Waals surface area (Å²) < 4.78 is 0.874. The third kappa shape index (κ3) is 3.28. The molecular formula is C17H14BrNO3S. The first-order valence-corrected chi connectivity index (χ1v) is 8.89. The number of amides is 1. The number of carbonyl (C=O) groups is 2. The van der Waals surface area contributed by atoms with Crippen molar-refractivity contribution in [3.63, 3.8) is 0 Å². The number of hydrogen-bond donors (Lipinski definition) is 1. The minimum absolute atomic E-state index is 0.260. The molecule has 1 N–H and O–H groups in total. The third-order valence-corrected chi connectivity index (χ3v) is 5.55. The maximum absolute atomic E-state index is 12.9. The van der Waals surface area contributed by atoms with E-state index in [1.54, 1.807) is 24.3 Å². The van der Waals surface area contributed by atoms with Crippen LogP contribution in [0.25, 0.3) is 0 Å². The Kier molecular flexibility index (Phi) is 4.73. The number of aliphatic carboxylic acids is 1. The second kappa shape index (κ2) is 6.76.